The van der Waals surface area contributed by atoms with Crippen LogP contribution in [0.2, 0.25) is 0 Å². The zero-order chi connectivity index (χ0) is 14.4. The van der Waals surface area contributed by atoms with E-state index in [0.29, 0.717) is 11.7 Å². The Bertz CT molecular complexity index is 534. The lowest BCUT2D eigenvalue weighted by atomic mass is 10.0. The van der Waals surface area contributed by atoms with Crippen LogP contribution in [0, 0.1) is 5.92 Å². The first-order chi connectivity index (χ1) is 9.65. The first-order valence-corrected chi connectivity index (χ1v) is 7.55. The highest BCUT2D eigenvalue weighted by Gasteiger charge is 2.04. The molecule has 0 unspecified atom stereocenters. The van der Waals surface area contributed by atoms with Gasteiger partial charge >= 0.3 is 0 Å². The molecule has 2 rings (SSSR count). The van der Waals surface area contributed by atoms with Gasteiger partial charge in [-0.1, -0.05) is 39.5 Å². The Morgan fingerprint density at radius 1 is 1.20 bits per heavy atom. The molecule has 0 fully saturated rings. The highest BCUT2D eigenvalue weighted by molar-refractivity contribution is 5.78. The maximum Gasteiger partial charge on any atom is 0.295 e. The summed E-state index contributed by atoms with van der Waals surface area (Å²) < 4.78 is 5.60. The third-order valence-electron chi connectivity index (χ3n) is 3.40. The zero-order valence-corrected chi connectivity index (χ0v) is 12.5. The summed E-state index contributed by atoms with van der Waals surface area (Å²) in [6.07, 6.45) is 6.38. The van der Waals surface area contributed by atoms with Crippen molar-refractivity contribution < 1.29 is 4.42 Å². The number of hydrogen-bond acceptors (Lipinski definition) is 4. The van der Waals surface area contributed by atoms with Gasteiger partial charge in [0.1, 0.15) is 5.52 Å². The number of benzene rings is 1. The molecule has 4 heteroatoms. The molecule has 0 saturated heterocycles. The van der Waals surface area contributed by atoms with Gasteiger partial charge in [0.05, 0.1) is 0 Å². The number of nitrogens with one attached hydrogen (secondary N) is 1. The monoisotopic (exact) mass is 275 g/mol. The Hall–Kier alpha value is -1.71. The number of fused-ring (bicyclic) bond motifs is 1. The Balaban J connectivity index is 1.68. The average molecular weight is 275 g/mol. The number of anilines is 2. The Labute approximate surface area is 120 Å². The van der Waals surface area contributed by atoms with E-state index in [2.05, 4.69) is 24.1 Å². The zero-order valence-electron chi connectivity index (χ0n) is 12.5. The van der Waals surface area contributed by atoms with Crippen LogP contribution in [-0.4, -0.2) is 11.5 Å². The summed E-state index contributed by atoms with van der Waals surface area (Å²) in [5.74, 6) is 0.820. The van der Waals surface area contributed by atoms with E-state index in [9.17, 15) is 0 Å². The van der Waals surface area contributed by atoms with Crippen molar-refractivity contribution in [3.05, 3.63) is 18.2 Å². The molecule has 0 saturated carbocycles. The van der Waals surface area contributed by atoms with Crippen LogP contribution in [0.25, 0.3) is 11.1 Å². The molecular formula is C16H25N3O. The molecule has 2 aromatic rings. The van der Waals surface area contributed by atoms with Gasteiger partial charge in [-0.2, -0.15) is 4.98 Å². The third kappa shape index (κ3) is 4.44. The van der Waals surface area contributed by atoms with Crippen LogP contribution >= 0.6 is 0 Å². The highest BCUT2D eigenvalue weighted by Crippen LogP contribution is 2.21. The maximum absolute atomic E-state index is 5.72. The lowest BCUT2D eigenvalue weighted by Crippen LogP contribution is -2.01. The number of unbranched alkanes of at least 4 members (excludes halogenated alkanes) is 3. The molecule has 1 aromatic carbocycles. The van der Waals surface area contributed by atoms with Gasteiger partial charge in [-0.05, 0) is 30.5 Å². The number of hydrogen-bond donors (Lipinski definition) is 2. The largest absolute Gasteiger partial charge is 0.424 e. The predicted molar refractivity (Wildman–Crippen MR) is 84.8 cm³/mol. The van der Waals surface area contributed by atoms with Crippen molar-refractivity contribution in [2.75, 3.05) is 17.6 Å². The van der Waals surface area contributed by atoms with Crippen molar-refractivity contribution in [3.8, 4) is 0 Å². The lowest BCUT2D eigenvalue weighted by Gasteiger charge is -2.04. The maximum atomic E-state index is 5.72. The SMILES string of the molecule is CC(C)CCCCCCNc1nc2cc(N)ccc2o1. The molecule has 20 heavy (non-hydrogen) atoms. The van der Waals surface area contributed by atoms with Gasteiger partial charge in [0, 0.05) is 12.2 Å². The average Bonchev–Trinajstić information content (AvgIpc) is 2.79. The molecule has 0 amide bonds. The molecule has 0 atom stereocenters. The number of rotatable bonds is 8. The van der Waals surface area contributed by atoms with Crippen LogP contribution in [0.4, 0.5) is 11.7 Å². The van der Waals surface area contributed by atoms with Gasteiger partial charge in [-0.3, -0.25) is 0 Å². The van der Waals surface area contributed by atoms with Crippen molar-refractivity contribution in [2.24, 2.45) is 5.92 Å². The van der Waals surface area contributed by atoms with Gasteiger partial charge in [0.15, 0.2) is 5.58 Å². The summed E-state index contributed by atoms with van der Waals surface area (Å²) in [5.41, 5.74) is 8.02. The first kappa shape index (κ1) is 14.7. The predicted octanol–water partition coefficient (Wildman–Crippen LogP) is 4.43. The quantitative estimate of drug-likeness (QED) is 0.552. The molecule has 0 bridgehead atoms. The van der Waals surface area contributed by atoms with E-state index in [0.717, 1.165) is 30.0 Å². The van der Waals surface area contributed by atoms with E-state index in [4.69, 9.17) is 10.2 Å². The number of oxazole rings is 1. The molecule has 4 nitrogen and oxygen atoms in total. The Morgan fingerprint density at radius 2 is 2.00 bits per heavy atom. The number of nitrogens with zero attached hydrogens (tertiary/aromatic N) is 1. The molecule has 0 radical (unpaired) electrons. The minimum absolute atomic E-state index is 0.591. The first-order valence-electron chi connectivity index (χ1n) is 7.55. The molecule has 0 aliphatic heterocycles. The van der Waals surface area contributed by atoms with E-state index in [1.807, 2.05) is 18.2 Å². The van der Waals surface area contributed by atoms with E-state index < -0.39 is 0 Å². The van der Waals surface area contributed by atoms with Crippen LogP contribution in [0.15, 0.2) is 22.6 Å². The van der Waals surface area contributed by atoms with E-state index in [1.54, 1.807) is 0 Å². The van der Waals surface area contributed by atoms with E-state index in [1.165, 1.54) is 25.7 Å². The minimum Gasteiger partial charge on any atom is -0.424 e. The highest BCUT2D eigenvalue weighted by atomic mass is 16.4. The fourth-order valence-electron chi connectivity index (χ4n) is 2.25. The number of nitrogen functional groups attached to an aromatic ring is 1. The van der Waals surface area contributed by atoms with Gasteiger partial charge in [-0.25, -0.2) is 0 Å². The van der Waals surface area contributed by atoms with Crippen molar-refractivity contribution in [2.45, 2.75) is 46.0 Å². The molecule has 3 N–H and O–H groups in total. The Morgan fingerprint density at radius 3 is 2.80 bits per heavy atom. The van der Waals surface area contributed by atoms with Crippen molar-refractivity contribution in [1.82, 2.24) is 4.98 Å². The molecule has 0 aliphatic carbocycles. The summed E-state index contributed by atoms with van der Waals surface area (Å²) >= 11 is 0. The smallest absolute Gasteiger partial charge is 0.295 e. The van der Waals surface area contributed by atoms with Crippen LogP contribution in [0.1, 0.15) is 46.0 Å². The van der Waals surface area contributed by atoms with E-state index in [-0.39, 0.29) is 0 Å². The topological polar surface area (TPSA) is 64.1 Å². The van der Waals surface area contributed by atoms with Gasteiger partial charge in [0.2, 0.25) is 0 Å². The van der Waals surface area contributed by atoms with Crippen LogP contribution in [-0.2, 0) is 0 Å². The summed E-state index contributed by atoms with van der Waals surface area (Å²) in [7, 11) is 0. The fraction of sp³-hybridized carbons (Fsp3) is 0.562. The van der Waals surface area contributed by atoms with Crippen molar-refractivity contribution in [3.63, 3.8) is 0 Å². The van der Waals surface area contributed by atoms with Crippen molar-refractivity contribution in [1.29, 1.82) is 0 Å². The third-order valence-corrected chi connectivity index (χ3v) is 3.40. The molecule has 110 valence electrons. The summed E-state index contributed by atoms with van der Waals surface area (Å²) in [4.78, 5) is 4.37. The molecule has 1 aromatic heterocycles. The van der Waals surface area contributed by atoms with Gasteiger partial charge in [-0.15, -0.1) is 0 Å². The van der Waals surface area contributed by atoms with Gasteiger partial charge in [0.25, 0.3) is 6.01 Å². The van der Waals surface area contributed by atoms with Crippen LogP contribution in [0.3, 0.4) is 0 Å². The molecule has 0 aliphatic rings. The molecular weight excluding hydrogens is 250 g/mol. The fourth-order valence-corrected chi connectivity index (χ4v) is 2.25. The normalized spacial score (nSPS) is 11.3. The van der Waals surface area contributed by atoms with Crippen LogP contribution in [0.5, 0.6) is 0 Å². The van der Waals surface area contributed by atoms with Gasteiger partial charge < -0.3 is 15.5 Å². The Kier molecular flexibility index (Phi) is 5.27. The van der Waals surface area contributed by atoms with Crippen LogP contribution < -0.4 is 11.1 Å². The molecule has 1 heterocycles. The van der Waals surface area contributed by atoms with E-state index >= 15 is 0 Å². The number of nitrogens with two attached hydrogens (primary N) is 1. The van der Waals surface area contributed by atoms with Crippen molar-refractivity contribution >= 4 is 22.8 Å². The minimum atomic E-state index is 0.591. The summed E-state index contributed by atoms with van der Waals surface area (Å²) in [6.45, 7) is 5.47. The summed E-state index contributed by atoms with van der Waals surface area (Å²) in [5, 5.41) is 3.23. The second-order valence-electron chi connectivity index (χ2n) is 5.77. The lowest BCUT2D eigenvalue weighted by molar-refractivity contribution is 0.521. The summed E-state index contributed by atoms with van der Waals surface area (Å²) in [6, 6.07) is 6.10. The second kappa shape index (κ2) is 7.17. The second-order valence-corrected chi connectivity index (χ2v) is 5.77. The standard InChI is InChI=1S/C16H25N3O/c1-12(2)7-5-3-4-6-10-18-16-19-14-11-13(17)8-9-15(14)20-16/h8-9,11-12H,3-7,10,17H2,1-2H3,(H,18,19). The molecule has 0 spiro atoms. The number of aromatic nitrogens is 1.